The first-order valence-corrected chi connectivity index (χ1v) is 8.41. The highest BCUT2D eigenvalue weighted by atomic mass is 15.3. The van der Waals surface area contributed by atoms with Crippen molar-refractivity contribution in [2.24, 2.45) is 11.3 Å². The minimum absolute atomic E-state index is 0.372. The number of hydrogen-bond donors (Lipinski definition) is 1. The molecular formula is C17H34N2. The largest absolute Gasteiger partial charge is 0.311 e. The second-order valence-electron chi connectivity index (χ2n) is 8.01. The Kier molecular flexibility index (Phi) is 4.94. The molecule has 1 N–H and O–H groups in total. The van der Waals surface area contributed by atoms with Crippen LogP contribution in [0.15, 0.2) is 0 Å². The van der Waals surface area contributed by atoms with Gasteiger partial charge in [0.05, 0.1) is 0 Å². The van der Waals surface area contributed by atoms with Crippen LogP contribution in [0.2, 0.25) is 0 Å². The van der Waals surface area contributed by atoms with E-state index in [2.05, 4.69) is 44.8 Å². The van der Waals surface area contributed by atoms with Crippen LogP contribution < -0.4 is 5.32 Å². The predicted molar refractivity (Wildman–Crippen MR) is 83.5 cm³/mol. The topological polar surface area (TPSA) is 15.3 Å². The SMILES string of the molecule is CCC1CNC(C(C)(C)C)CN1C1CCCC(C)C1. The smallest absolute Gasteiger partial charge is 0.0244 e. The summed E-state index contributed by atoms with van der Waals surface area (Å²) in [6.45, 7) is 14.3. The van der Waals surface area contributed by atoms with Gasteiger partial charge in [0.1, 0.15) is 0 Å². The Bertz CT molecular complexity index is 281. The zero-order chi connectivity index (χ0) is 14.0. The zero-order valence-electron chi connectivity index (χ0n) is 13.7. The fraction of sp³-hybridized carbons (Fsp3) is 1.00. The Balaban J connectivity index is 2.05. The van der Waals surface area contributed by atoms with E-state index in [0.717, 1.165) is 18.0 Å². The molecule has 2 heteroatoms. The Morgan fingerprint density at radius 1 is 1.21 bits per heavy atom. The van der Waals surface area contributed by atoms with E-state index in [9.17, 15) is 0 Å². The van der Waals surface area contributed by atoms with Crippen LogP contribution in [0.3, 0.4) is 0 Å². The van der Waals surface area contributed by atoms with Crippen molar-refractivity contribution in [3.63, 3.8) is 0 Å². The van der Waals surface area contributed by atoms with Crippen LogP contribution in [-0.2, 0) is 0 Å². The van der Waals surface area contributed by atoms with E-state index in [1.54, 1.807) is 0 Å². The Labute approximate surface area is 120 Å². The van der Waals surface area contributed by atoms with Gasteiger partial charge < -0.3 is 5.32 Å². The molecule has 0 aromatic carbocycles. The third-order valence-corrected chi connectivity index (χ3v) is 5.36. The minimum Gasteiger partial charge on any atom is -0.311 e. The highest BCUT2D eigenvalue weighted by Crippen LogP contribution is 2.32. The minimum atomic E-state index is 0.372. The van der Waals surface area contributed by atoms with Gasteiger partial charge in [-0.25, -0.2) is 0 Å². The Morgan fingerprint density at radius 3 is 2.53 bits per heavy atom. The molecule has 2 rings (SSSR count). The molecule has 4 unspecified atom stereocenters. The first kappa shape index (κ1) is 15.3. The van der Waals surface area contributed by atoms with Gasteiger partial charge in [-0.15, -0.1) is 0 Å². The standard InChI is InChI=1S/C17H34N2/c1-6-14-11-18-16(17(3,4)5)12-19(14)15-9-7-8-13(2)10-15/h13-16,18H,6-12H2,1-5H3. The van der Waals surface area contributed by atoms with E-state index in [1.807, 2.05) is 0 Å². The van der Waals surface area contributed by atoms with E-state index in [4.69, 9.17) is 0 Å². The van der Waals surface area contributed by atoms with Gasteiger partial charge in [0.15, 0.2) is 0 Å². The summed E-state index contributed by atoms with van der Waals surface area (Å²) in [5, 5.41) is 3.80. The molecule has 1 aliphatic carbocycles. The van der Waals surface area contributed by atoms with Crippen LogP contribution in [0, 0.1) is 11.3 Å². The Morgan fingerprint density at radius 2 is 1.95 bits per heavy atom. The summed E-state index contributed by atoms with van der Waals surface area (Å²) in [5.74, 6) is 0.930. The predicted octanol–water partition coefficient (Wildman–Crippen LogP) is 3.66. The summed E-state index contributed by atoms with van der Waals surface area (Å²) < 4.78 is 0. The van der Waals surface area contributed by atoms with E-state index in [0.29, 0.717) is 11.5 Å². The molecule has 0 amide bonds. The summed E-state index contributed by atoms with van der Waals surface area (Å²) in [4.78, 5) is 2.86. The molecular weight excluding hydrogens is 232 g/mol. The maximum absolute atomic E-state index is 3.80. The number of hydrogen-bond acceptors (Lipinski definition) is 2. The van der Waals surface area contributed by atoms with E-state index in [1.165, 1.54) is 45.2 Å². The first-order valence-electron chi connectivity index (χ1n) is 8.41. The van der Waals surface area contributed by atoms with Crippen LogP contribution in [0.5, 0.6) is 0 Å². The molecule has 1 saturated heterocycles. The highest BCUT2D eigenvalue weighted by molar-refractivity contribution is 4.95. The maximum Gasteiger partial charge on any atom is 0.0244 e. The molecule has 0 bridgehead atoms. The lowest BCUT2D eigenvalue weighted by molar-refractivity contribution is 0.0258. The van der Waals surface area contributed by atoms with Crippen LogP contribution in [-0.4, -0.2) is 36.1 Å². The van der Waals surface area contributed by atoms with Crippen molar-refractivity contribution in [2.45, 2.75) is 84.8 Å². The third kappa shape index (κ3) is 3.72. The van der Waals surface area contributed by atoms with E-state index in [-0.39, 0.29) is 0 Å². The van der Waals surface area contributed by atoms with Gasteiger partial charge in [-0.1, -0.05) is 47.5 Å². The van der Waals surface area contributed by atoms with Gasteiger partial charge in [0.25, 0.3) is 0 Å². The molecule has 1 heterocycles. The average molecular weight is 266 g/mol. The lowest BCUT2D eigenvalue weighted by Crippen LogP contribution is -2.62. The first-order chi connectivity index (χ1) is 8.91. The van der Waals surface area contributed by atoms with Gasteiger partial charge in [-0.05, 0) is 30.6 Å². The van der Waals surface area contributed by atoms with Crippen molar-refractivity contribution in [3.05, 3.63) is 0 Å². The second-order valence-corrected chi connectivity index (χ2v) is 8.01. The number of rotatable bonds is 2. The summed E-state index contributed by atoms with van der Waals surface area (Å²) in [6, 6.07) is 2.25. The Hall–Kier alpha value is -0.0800. The van der Waals surface area contributed by atoms with Crippen molar-refractivity contribution in [2.75, 3.05) is 13.1 Å². The molecule has 0 aromatic rings. The van der Waals surface area contributed by atoms with Gasteiger partial charge in [0.2, 0.25) is 0 Å². The van der Waals surface area contributed by atoms with E-state index < -0.39 is 0 Å². The molecule has 1 aliphatic heterocycles. The maximum atomic E-state index is 3.80. The number of piperazine rings is 1. The van der Waals surface area contributed by atoms with Crippen molar-refractivity contribution < 1.29 is 0 Å². The van der Waals surface area contributed by atoms with Crippen molar-refractivity contribution in [1.29, 1.82) is 0 Å². The van der Waals surface area contributed by atoms with Gasteiger partial charge in [-0.3, -0.25) is 4.90 Å². The quantitative estimate of drug-likeness (QED) is 0.820. The van der Waals surface area contributed by atoms with E-state index >= 15 is 0 Å². The normalized spacial score (nSPS) is 38.4. The fourth-order valence-electron chi connectivity index (χ4n) is 3.93. The van der Waals surface area contributed by atoms with Crippen molar-refractivity contribution in [3.8, 4) is 0 Å². The molecule has 112 valence electrons. The van der Waals surface area contributed by atoms with Gasteiger partial charge >= 0.3 is 0 Å². The molecule has 0 aromatic heterocycles. The summed E-state index contributed by atoms with van der Waals surface area (Å²) in [6.07, 6.45) is 7.02. The third-order valence-electron chi connectivity index (χ3n) is 5.36. The van der Waals surface area contributed by atoms with Gasteiger partial charge in [-0.2, -0.15) is 0 Å². The molecule has 2 aliphatic rings. The zero-order valence-corrected chi connectivity index (χ0v) is 13.7. The molecule has 2 nitrogen and oxygen atoms in total. The van der Waals surface area contributed by atoms with Crippen LogP contribution in [0.25, 0.3) is 0 Å². The fourth-order valence-corrected chi connectivity index (χ4v) is 3.93. The number of nitrogens with one attached hydrogen (secondary N) is 1. The van der Waals surface area contributed by atoms with Gasteiger partial charge in [0, 0.05) is 31.2 Å². The lowest BCUT2D eigenvalue weighted by atomic mass is 9.81. The summed E-state index contributed by atoms with van der Waals surface area (Å²) in [7, 11) is 0. The monoisotopic (exact) mass is 266 g/mol. The summed E-state index contributed by atoms with van der Waals surface area (Å²) >= 11 is 0. The highest BCUT2D eigenvalue weighted by Gasteiger charge is 2.37. The number of nitrogens with zero attached hydrogens (tertiary/aromatic N) is 1. The summed E-state index contributed by atoms with van der Waals surface area (Å²) in [5.41, 5.74) is 0.372. The van der Waals surface area contributed by atoms with Crippen LogP contribution >= 0.6 is 0 Å². The molecule has 4 atom stereocenters. The molecule has 1 saturated carbocycles. The molecule has 0 radical (unpaired) electrons. The van der Waals surface area contributed by atoms with Crippen molar-refractivity contribution in [1.82, 2.24) is 10.2 Å². The molecule has 0 spiro atoms. The molecule has 19 heavy (non-hydrogen) atoms. The lowest BCUT2D eigenvalue weighted by Gasteiger charge is -2.49. The average Bonchev–Trinajstić information content (AvgIpc) is 2.37. The van der Waals surface area contributed by atoms with Crippen LogP contribution in [0.1, 0.15) is 66.7 Å². The van der Waals surface area contributed by atoms with Crippen molar-refractivity contribution >= 4 is 0 Å². The molecule has 2 fully saturated rings. The van der Waals surface area contributed by atoms with Crippen LogP contribution in [0.4, 0.5) is 0 Å². The second kappa shape index (κ2) is 6.13.